The van der Waals surface area contributed by atoms with Crippen LogP contribution < -0.4 is 11.1 Å². The second-order valence-corrected chi connectivity index (χ2v) is 8.10. The van der Waals surface area contributed by atoms with Crippen molar-refractivity contribution >= 4 is 17.7 Å². The maximum Gasteiger partial charge on any atom is 0.411 e. The number of ether oxygens (including phenoxy) is 1. The van der Waals surface area contributed by atoms with Gasteiger partial charge < -0.3 is 10.5 Å². The van der Waals surface area contributed by atoms with Gasteiger partial charge in [-0.2, -0.15) is 0 Å². The third-order valence-electron chi connectivity index (χ3n) is 6.24. The SMILES string of the molecule is NC(=O)C1(CCc2ccccc2)CCN(Cc2ccc3c(c2)COC(=O)N3)CC1. The van der Waals surface area contributed by atoms with E-state index in [2.05, 4.69) is 28.4 Å². The zero-order chi connectivity index (χ0) is 20.3. The number of nitrogens with zero attached hydrogens (tertiary/aromatic N) is 1. The largest absolute Gasteiger partial charge is 0.444 e. The number of aryl methyl sites for hydroxylation is 1. The molecule has 1 saturated heterocycles. The van der Waals surface area contributed by atoms with Crippen LogP contribution in [0.5, 0.6) is 0 Å². The smallest absolute Gasteiger partial charge is 0.411 e. The molecule has 0 saturated carbocycles. The number of rotatable bonds is 6. The summed E-state index contributed by atoms with van der Waals surface area (Å²) in [5, 5.41) is 2.72. The van der Waals surface area contributed by atoms with Crippen LogP contribution >= 0.6 is 0 Å². The summed E-state index contributed by atoms with van der Waals surface area (Å²) in [6.45, 7) is 2.82. The predicted octanol–water partition coefficient (Wildman–Crippen LogP) is 3.45. The zero-order valence-corrected chi connectivity index (χ0v) is 16.5. The Balaban J connectivity index is 1.36. The Kier molecular flexibility index (Phi) is 5.53. The number of nitrogens with two attached hydrogens (primary N) is 1. The van der Waals surface area contributed by atoms with Crippen LogP contribution in [0.3, 0.4) is 0 Å². The first-order valence-electron chi connectivity index (χ1n) is 10.2. The molecule has 0 radical (unpaired) electrons. The fourth-order valence-electron chi connectivity index (χ4n) is 4.32. The van der Waals surface area contributed by atoms with Crippen molar-refractivity contribution < 1.29 is 14.3 Å². The minimum atomic E-state index is -0.416. The molecule has 0 bridgehead atoms. The number of nitrogens with one attached hydrogen (secondary N) is 1. The number of cyclic esters (lactones) is 1. The highest BCUT2D eigenvalue weighted by Crippen LogP contribution is 2.36. The fourth-order valence-corrected chi connectivity index (χ4v) is 4.32. The summed E-state index contributed by atoms with van der Waals surface area (Å²) in [4.78, 5) is 26.0. The van der Waals surface area contributed by atoms with Crippen LogP contribution in [0.1, 0.15) is 36.0 Å². The van der Waals surface area contributed by atoms with Crippen molar-refractivity contribution in [3.8, 4) is 0 Å². The minimum absolute atomic E-state index is 0.172. The molecule has 2 amide bonds. The highest BCUT2D eigenvalue weighted by Gasteiger charge is 2.39. The monoisotopic (exact) mass is 393 g/mol. The lowest BCUT2D eigenvalue weighted by atomic mass is 9.73. The highest BCUT2D eigenvalue weighted by molar-refractivity contribution is 5.87. The molecule has 2 aliphatic rings. The number of primary amides is 1. The molecule has 2 heterocycles. The molecule has 2 aromatic carbocycles. The maximum atomic E-state index is 12.3. The lowest BCUT2D eigenvalue weighted by Crippen LogP contribution is -2.47. The summed E-state index contributed by atoms with van der Waals surface area (Å²) in [6.07, 6.45) is 2.86. The van der Waals surface area contributed by atoms with Crippen molar-refractivity contribution in [2.45, 2.75) is 38.8 Å². The van der Waals surface area contributed by atoms with Gasteiger partial charge in [-0.15, -0.1) is 0 Å². The third-order valence-corrected chi connectivity index (χ3v) is 6.24. The van der Waals surface area contributed by atoms with Gasteiger partial charge in [0.15, 0.2) is 0 Å². The van der Waals surface area contributed by atoms with E-state index < -0.39 is 11.5 Å². The van der Waals surface area contributed by atoms with Crippen molar-refractivity contribution in [2.24, 2.45) is 11.1 Å². The van der Waals surface area contributed by atoms with Gasteiger partial charge in [-0.05, 0) is 62.0 Å². The topological polar surface area (TPSA) is 84.7 Å². The first-order valence-corrected chi connectivity index (χ1v) is 10.2. The summed E-state index contributed by atoms with van der Waals surface area (Å²) in [5.41, 5.74) is 9.67. The number of benzene rings is 2. The quantitative estimate of drug-likeness (QED) is 0.787. The van der Waals surface area contributed by atoms with Crippen molar-refractivity contribution in [3.05, 3.63) is 65.2 Å². The molecule has 0 aromatic heterocycles. The number of amides is 2. The molecule has 1 fully saturated rings. The van der Waals surface area contributed by atoms with E-state index in [1.165, 1.54) is 11.1 Å². The second kappa shape index (κ2) is 8.25. The average molecular weight is 393 g/mol. The molecule has 6 heteroatoms. The van der Waals surface area contributed by atoms with Crippen molar-refractivity contribution in [2.75, 3.05) is 18.4 Å². The molecule has 3 N–H and O–H groups in total. The summed E-state index contributed by atoms with van der Waals surface area (Å²) in [7, 11) is 0. The van der Waals surface area contributed by atoms with Gasteiger partial charge in [-0.3, -0.25) is 15.0 Å². The first kappa shape index (κ1) is 19.5. The van der Waals surface area contributed by atoms with E-state index in [0.717, 1.165) is 56.6 Å². The lowest BCUT2D eigenvalue weighted by molar-refractivity contribution is -0.131. The summed E-state index contributed by atoms with van der Waals surface area (Å²) < 4.78 is 5.05. The zero-order valence-electron chi connectivity index (χ0n) is 16.5. The summed E-state index contributed by atoms with van der Waals surface area (Å²) >= 11 is 0. The Hall–Kier alpha value is -2.86. The van der Waals surface area contributed by atoms with Gasteiger partial charge in [-0.25, -0.2) is 4.79 Å². The van der Waals surface area contributed by atoms with E-state index >= 15 is 0 Å². The van der Waals surface area contributed by atoms with E-state index in [1.807, 2.05) is 30.3 Å². The molecule has 0 aliphatic carbocycles. The molecule has 0 unspecified atom stereocenters. The van der Waals surface area contributed by atoms with Gasteiger partial charge in [0.2, 0.25) is 5.91 Å². The van der Waals surface area contributed by atoms with Crippen molar-refractivity contribution in [1.82, 2.24) is 4.90 Å². The molecular formula is C23H27N3O3. The average Bonchev–Trinajstić information content (AvgIpc) is 2.74. The van der Waals surface area contributed by atoms with Crippen LogP contribution in [0.15, 0.2) is 48.5 Å². The Bertz CT molecular complexity index is 889. The number of fused-ring (bicyclic) bond motifs is 1. The number of carbonyl (C=O) groups is 2. The van der Waals surface area contributed by atoms with Gasteiger partial charge >= 0.3 is 6.09 Å². The van der Waals surface area contributed by atoms with Gasteiger partial charge in [-0.1, -0.05) is 36.4 Å². The number of hydrogen-bond donors (Lipinski definition) is 2. The van der Waals surface area contributed by atoms with E-state index in [9.17, 15) is 9.59 Å². The Morgan fingerprint density at radius 3 is 2.59 bits per heavy atom. The second-order valence-electron chi connectivity index (χ2n) is 8.10. The molecule has 2 aliphatic heterocycles. The molecule has 29 heavy (non-hydrogen) atoms. The fraction of sp³-hybridized carbons (Fsp3) is 0.391. The minimum Gasteiger partial charge on any atom is -0.444 e. The first-order chi connectivity index (χ1) is 14.0. The predicted molar refractivity (Wildman–Crippen MR) is 111 cm³/mol. The lowest BCUT2D eigenvalue weighted by Gasteiger charge is -2.40. The molecule has 152 valence electrons. The van der Waals surface area contributed by atoms with E-state index in [-0.39, 0.29) is 5.91 Å². The maximum absolute atomic E-state index is 12.3. The van der Waals surface area contributed by atoms with Gasteiger partial charge in [0.05, 0.1) is 11.1 Å². The summed E-state index contributed by atoms with van der Waals surface area (Å²) in [5.74, 6) is -0.172. The van der Waals surface area contributed by atoms with Crippen molar-refractivity contribution in [1.29, 1.82) is 0 Å². The molecule has 4 rings (SSSR count). The summed E-state index contributed by atoms with van der Waals surface area (Å²) in [6, 6.07) is 16.3. The number of likely N-dealkylation sites (tertiary alicyclic amines) is 1. The van der Waals surface area contributed by atoms with Gasteiger partial charge in [0.25, 0.3) is 0 Å². The van der Waals surface area contributed by atoms with E-state index in [4.69, 9.17) is 10.5 Å². The van der Waals surface area contributed by atoms with E-state index in [0.29, 0.717) is 6.61 Å². The molecule has 2 aromatic rings. The van der Waals surface area contributed by atoms with Crippen molar-refractivity contribution in [3.63, 3.8) is 0 Å². The highest BCUT2D eigenvalue weighted by atomic mass is 16.5. The molecular weight excluding hydrogens is 366 g/mol. The number of hydrogen-bond acceptors (Lipinski definition) is 4. The number of carbonyl (C=O) groups excluding carboxylic acids is 2. The molecule has 0 spiro atoms. The number of anilines is 1. The van der Waals surface area contributed by atoms with Gasteiger partial charge in [0.1, 0.15) is 6.61 Å². The van der Waals surface area contributed by atoms with Gasteiger partial charge in [0, 0.05) is 12.1 Å². The van der Waals surface area contributed by atoms with Crippen LogP contribution in [0.25, 0.3) is 0 Å². The number of piperidine rings is 1. The van der Waals surface area contributed by atoms with E-state index in [1.54, 1.807) is 0 Å². The van der Waals surface area contributed by atoms with Crippen LogP contribution in [-0.4, -0.2) is 30.0 Å². The van der Waals surface area contributed by atoms with Crippen LogP contribution in [-0.2, 0) is 29.1 Å². The Labute approximate surface area is 171 Å². The standard InChI is InChI=1S/C23H27N3O3/c24-21(27)23(9-8-17-4-2-1-3-5-17)10-12-26(13-11-23)15-18-6-7-20-19(14-18)16-29-22(28)25-20/h1-7,14H,8-13,15-16H2,(H2,24,27)(H,25,28). The Morgan fingerprint density at radius 1 is 1.10 bits per heavy atom. The molecule has 6 nitrogen and oxygen atoms in total. The van der Waals surface area contributed by atoms with Crippen LogP contribution in [0.2, 0.25) is 0 Å². The normalized spacial score (nSPS) is 18.4. The van der Waals surface area contributed by atoms with Crippen LogP contribution in [0, 0.1) is 5.41 Å². The third kappa shape index (κ3) is 4.43. The Morgan fingerprint density at radius 2 is 1.86 bits per heavy atom. The van der Waals surface area contributed by atoms with Crippen LogP contribution in [0.4, 0.5) is 10.5 Å². The molecule has 0 atom stereocenters.